The van der Waals surface area contributed by atoms with E-state index in [0.29, 0.717) is 32.5 Å². The Morgan fingerprint density at radius 2 is 2.00 bits per heavy atom. The summed E-state index contributed by atoms with van der Waals surface area (Å²) in [6.45, 7) is 1.48. The molecule has 0 saturated carbocycles. The summed E-state index contributed by atoms with van der Waals surface area (Å²) in [5.41, 5.74) is 6.49. The van der Waals surface area contributed by atoms with Crippen LogP contribution in [-0.4, -0.2) is 36.8 Å². The van der Waals surface area contributed by atoms with E-state index >= 15 is 0 Å². The molecule has 2 atom stereocenters. The number of nitrogens with zero attached hydrogens (tertiary/aromatic N) is 1. The van der Waals surface area contributed by atoms with Crippen LogP contribution < -0.4 is 5.73 Å². The van der Waals surface area contributed by atoms with Crippen LogP contribution in [-0.2, 0) is 11.3 Å². The van der Waals surface area contributed by atoms with Crippen LogP contribution in [0.2, 0.25) is 0 Å². The number of alkyl halides is 1. The van der Waals surface area contributed by atoms with Gasteiger partial charge in [-0.3, -0.25) is 0 Å². The number of hydrogen-bond donors (Lipinski definition) is 1. The average Bonchev–Trinajstić information content (AvgIpc) is 2.67. The lowest BCUT2D eigenvalue weighted by Crippen LogP contribution is -2.32. The zero-order chi connectivity index (χ0) is 14.4. The van der Waals surface area contributed by atoms with E-state index in [2.05, 4.69) is 0 Å². The van der Waals surface area contributed by atoms with Crippen molar-refractivity contribution in [1.82, 2.24) is 4.90 Å². The lowest BCUT2D eigenvalue weighted by molar-refractivity contribution is 0.0967. The van der Waals surface area contributed by atoms with Crippen LogP contribution in [0.5, 0.6) is 0 Å². The summed E-state index contributed by atoms with van der Waals surface area (Å²) in [6.07, 6.45) is -0.369. The normalized spacial score (nSPS) is 23.2. The number of carbonyl (C=O) groups excluding carboxylic acids is 1. The van der Waals surface area contributed by atoms with Crippen LogP contribution >= 0.6 is 0 Å². The van der Waals surface area contributed by atoms with Crippen LogP contribution in [0.25, 0.3) is 0 Å². The molecule has 4 nitrogen and oxygen atoms in total. The predicted molar refractivity (Wildman–Crippen MR) is 74.9 cm³/mol. The first-order chi connectivity index (χ1) is 9.70. The van der Waals surface area contributed by atoms with E-state index in [0.717, 1.165) is 5.56 Å². The quantitative estimate of drug-likeness (QED) is 0.924. The van der Waals surface area contributed by atoms with Crippen molar-refractivity contribution >= 4 is 6.09 Å². The Morgan fingerprint density at radius 1 is 1.30 bits per heavy atom. The van der Waals surface area contributed by atoms with Crippen molar-refractivity contribution in [3.8, 4) is 0 Å². The fraction of sp³-hybridized carbons (Fsp3) is 0.533. The van der Waals surface area contributed by atoms with Crippen molar-refractivity contribution in [2.24, 2.45) is 11.7 Å². The van der Waals surface area contributed by atoms with Crippen LogP contribution in [0.3, 0.4) is 0 Å². The molecule has 1 aliphatic rings. The highest BCUT2D eigenvalue weighted by Gasteiger charge is 2.27. The van der Waals surface area contributed by atoms with Crippen molar-refractivity contribution in [3.63, 3.8) is 0 Å². The first-order valence-corrected chi connectivity index (χ1v) is 7.00. The topological polar surface area (TPSA) is 55.6 Å². The summed E-state index contributed by atoms with van der Waals surface area (Å²) in [4.78, 5) is 13.6. The van der Waals surface area contributed by atoms with Gasteiger partial charge in [-0.25, -0.2) is 9.18 Å². The number of ether oxygens (including phenoxy) is 1. The number of halogens is 1. The molecule has 2 rings (SSSR count). The van der Waals surface area contributed by atoms with Crippen LogP contribution in [0, 0.1) is 5.92 Å². The van der Waals surface area contributed by atoms with E-state index in [-0.39, 0.29) is 18.6 Å². The van der Waals surface area contributed by atoms with E-state index in [1.165, 1.54) is 0 Å². The molecule has 0 spiro atoms. The molecule has 1 aromatic rings. The standard InChI is InChI=1S/C15H21FN2O2/c16-14-7-9-18(8-6-13(14)10-17)15(19)20-11-12-4-2-1-3-5-12/h1-5,13-14H,6-11,17H2. The van der Waals surface area contributed by atoms with Gasteiger partial charge in [0.2, 0.25) is 0 Å². The zero-order valence-electron chi connectivity index (χ0n) is 11.5. The SMILES string of the molecule is NCC1CCN(C(=O)OCc2ccccc2)CCC1F. The fourth-order valence-electron chi connectivity index (χ4n) is 2.39. The van der Waals surface area contributed by atoms with Crippen molar-refractivity contribution in [2.75, 3.05) is 19.6 Å². The van der Waals surface area contributed by atoms with Gasteiger partial charge in [0.1, 0.15) is 12.8 Å². The summed E-state index contributed by atoms with van der Waals surface area (Å²) in [5.74, 6) is -0.151. The van der Waals surface area contributed by atoms with E-state index < -0.39 is 6.17 Å². The van der Waals surface area contributed by atoms with Crippen LogP contribution in [0.4, 0.5) is 9.18 Å². The first-order valence-electron chi connectivity index (χ1n) is 7.00. The molecule has 0 bridgehead atoms. The molecule has 2 N–H and O–H groups in total. The molecule has 0 radical (unpaired) electrons. The highest BCUT2D eigenvalue weighted by molar-refractivity contribution is 5.67. The molecule has 2 unspecified atom stereocenters. The maximum atomic E-state index is 13.7. The van der Waals surface area contributed by atoms with Crippen molar-refractivity contribution in [2.45, 2.75) is 25.6 Å². The number of hydrogen-bond acceptors (Lipinski definition) is 3. The monoisotopic (exact) mass is 280 g/mol. The predicted octanol–water partition coefficient (Wildman–Crippen LogP) is 2.33. The van der Waals surface area contributed by atoms with E-state index in [4.69, 9.17) is 10.5 Å². The van der Waals surface area contributed by atoms with Crippen molar-refractivity contribution in [1.29, 1.82) is 0 Å². The Kier molecular flexibility index (Phi) is 5.35. The molecular formula is C15H21FN2O2. The summed E-state index contributed by atoms with van der Waals surface area (Å²) in [6, 6.07) is 9.51. The van der Waals surface area contributed by atoms with Gasteiger partial charge in [-0.15, -0.1) is 0 Å². The van der Waals surface area contributed by atoms with E-state index in [1.54, 1.807) is 4.90 Å². The molecule has 0 aromatic heterocycles. The molecule has 20 heavy (non-hydrogen) atoms. The Balaban J connectivity index is 1.83. The van der Waals surface area contributed by atoms with E-state index in [1.807, 2.05) is 30.3 Å². The smallest absolute Gasteiger partial charge is 0.410 e. The molecule has 0 aliphatic carbocycles. The van der Waals surface area contributed by atoms with Crippen molar-refractivity contribution < 1.29 is 13.9 Å². The number of amides is 1. The lowest BCUT2D eigenvalue weighted by Gasteiger charge is -2.19. The molecule has 1 amide bonds. The fourth-order valence-corrected chi connectivity index (χ4v) is 2.39. The maximum Gasteiger partial charge on any atom is 0.410 e. The molecular weight excluding hydrogens is 259 g/mol. The Hall–Kier alpha value is -1.62. The third kappa shape index (κ3) is 3.93. The number of carbonyl (C=O) groups is 1. The molecule has 5 heteroatoms. The Bertz CT molecular complexity index is 427. The lowest BCUT2D eigenvalue weighted by atomic mass is 9.99. The minimum Gasteiger partial charge on any atom is -0.445 e. The molecule has 1 heterocycles. The van der Waals surface area contributed by atoms with Crippen LogP contribution in [0.15, 0.2) is 30.3 Å². The van der Waals surface area contributed by atoms with Gasteiger partial charge < -0.3 is 15.4 Å². The van der Waals surface area contributed by atoms with Crippen LogP contribution in [0.1, 0.15) is 18.4 Å². The second-order valence-electron chi connectivity index (χ2n) is 5.12. The van der Waals surface area contributed by atoms with Gasteiger partial charge in [0, 0.05) is 19.0 Å². The second-order valence-corrected chi connectivity index (χ2v) is 5.12. The minimum atomic E-state index is -0.924. The largest absolute Gasteiger partial charge is 0.445 e. The highest BCUT2D eigenvalue weighted by Crippen LogP contribution is 2.20. The molecule has 1 fully saturated rings. The summed E-state index contributed by atoms with van der Waals surface area (Å²) >= 11 is 0. The number of likely N-dealkylation sites (tertiary alicyclic amines) is 1. The molecule has 110 valence electrons. The van der Waals surface area contributed by atoms with Gasteiger partial charge in [0.15, 0.2) is 0 Å². The zero-order valence-corrected chi connectivity index (χ0v) is 11.5. The number of nitrogens with two attached hydrogens (primary N) is 1. The third-order valence-corrected chi connectivity index (χ3v) is 3.72. The van der Waals surface area contributed by atoms with Gasteiger partial charge in [-0.05, 0) is 24.9 Å². The van der Waals surface area contributed by atoms with Crippen molar-refractivity contribution in [3.05, 3.63) is 35.9 Å². The molecule has 1 aromatic carbocycles. The minimum absolute atomic E-state index is 0.151. The second kappa shape index (κ2) is 7.24. The Morgan fingerprint density at radius 3 is 2.70 bits per heavy atom. The summed E-state index contributed by atoms with van der Waals surface area (Å²) < 4.78 is 19.0. The number of benzene rings is 1. The average molecular weight is 280 g/mol. The third-order valence-electron chi connectivity index (χ3n) is 3.72. The van der Waals surface area contributed by atoms with Gasteiger partial charge in [-0.1, -0.05) is 30.3 Å². The van der Waals surface area contributed by atoms with Gasteiger partial charge in [0.05, 0.1) is 0 Å². The van der Waals surface area contributed by atoms with Gasteiger partial charge in [-0.2, -0.15) is 0 Å². The van der Waals surface area contributed by atoms with Gasteiger partial charge >= 0.3 is 6.09 Å². The Labute approximate surface area is 118 Å². The molecule has 1 saturated heterocycles. The number of rotatable bonds is 3. The summed E-state index contributed by atoms with van der Waals surface area (Å²) in [5, 5.41) is 0. The summed E-state index contributed by atoms with van der Waals surface area (Å²) in [7, 11) is 0. The highest BCUT2D eigenvalue weighted by atomic mass is 19.1. The van der Waals surface area contributed by atoms with Gasteiger partial charge in [0.25, 0.3) is 0 Å². The maximum absolute atomic E-state index is 13.7. The van der Waals surface area contributed by atoms with E-state index in [9.17, 15) is 9.18 Å². The molecule has 1 aliphatic heterocycles. The first kappa shape index (κ1) is 14.8.